The molecule has 2 aromatic rings. The van der Waals surface area contributed by atoms with Gasteiger partial charge < -0.3 is 10.3 Å². The van der Waals surface area contributed by atoms with E-state index in [-0.39, 0.29) is 0 Å². The van der Waals surface area contributed by atoms with E-state index in [9.17, 15) is 0 Å². The van der Waals surface area contributed by atoms with Crippen molar-refractivity contribution in [2.75, 3.05) is 5.73 Å². The van der Waals surface area contributed by atoms with Gasteiger partial charge in [-0.25, -0.2) is 0 Å². The molecule has 0 aliphatic rings. The van der Waals surface area contributed by atoms with E-state index < -0.39 is 0 Å². The van der Waals surface area contributed by atoms with E-state index in [1.165, 1.54) is 5.56 Å². The van der Waals surface area contributed by atoms with Gasteiger partial charge in [-0.3, -0.25) is 0 Å². The second-order valence-electron chi connectivity index (χ2n) is 4.94. The molecule has 0 saturated heterocycles. The third-order valence-electron chi connectivity index (χ3n) is 2.86. The Labute approximate surface area is 115 Å². The first-order valence-electron chi connectivity index (χ1n) is 5.99. The fourth-order valence-electron chi connectivity index (χ4n) is 1.95. The van der Waals surface area contributed by atoms with Crippen molar-refractivity contribution in [2.24, 2.45) is 5.92 Å². The fourth-order valence-corrected chi connectivity index (χ4v) is 2.19. The van der Waals surface area contributed by atoms with Crippen molar-refractivity contribution in [3.8, 4) is 11.3 Å². The average Bonchev–Trinajstić information content (AvgIpc) is 2.64. The topological polar surface area (TPSA) is 52.0 Å². The first-order chi connectivity index (χ1) is 8.49. The Hall–Kier alpha value is -1.29. The van der Waals surface area contributed by atoms with Crippen molar-refractivity contribution in [1.29, 1.82) is 0 Å². The monoisotopic (exact) mass is 308 g/mol. The molecule has 0 spiro atoms. The molecule has 0 bridgehead atoms. The number of halogens is 1. The second kappa shape index (κ2) is 5.14. The molecule has 1 aromatic heterocycles. The predicted molar refractivity (Wildman–Crippen MR) is 77.3 cm³/mol. The number of hydrogen-bond donors (Lipinski definition) is 1. The number of rotatable bonds is 3. The van der Waals surface area contributed by atoms with E-state index in [0.717, 1.165) is 27.7 Å². The first kappa shape index (κ1) is 13.1. The van der Waals surface area contributed by atoms with Crippen LogP contribution < -0.4 is 5.73 Å². The zero-order valence-electron chi connectivity index (χ0n) is 10.8. The summed E-state index contributed by atoms with van der Waals surface area (Å²) in [6, 6.07) is 6.14. The minimum Gasteiger partial charge on any atom is -0.367 e. The van der Waals surface area contributed by atoms with E-state index in [4.69, 9.17) is 10.3 Å². The SMILES string of the molecule is Cc1cc(-c2noc(N)c2CC(C)C)ccc1Br. The smallest absolute Gasteiger partial charge is 0.225 e. The maximum Gasteiger partial charge on any atom is 0.225 e. The molecule has 1 aromatic carbocycles. The summed E-state index contributed by atoms with van der Waals surface area (Å²) in [6.45, 7) is 6.37. The van der Waals surface area contributed by atoms with Gasteiger partial charge in [-0.15, -0.1) is 0 Å². The minimum absolute atomic E-state index is 0.430. The molecular formula is C14H17BrN2O. The van der Waals surface area contributed by atoms with Gasteiger partial charge in [-0.05, 0) is 37.0 Å². The fraction of sp³-hybridized carbons (Fsp3) is 0.357. The molecule has 0 atom stereocenters. The Balaban J connectivity index is 2.47. The largest absolute Gasteiger partial charge is 0.367 e. The Morgan fingerprint density at radius 3 is 2.72 bits per heavy atom. The summed E-state index contributed by atoms with van der Waals surface area (Å²) in [5, 5.41) is 4.09. The molecule has 0 aliphatic heterocycles. The highest BCUT2D eigenvalue weighted by molar-refractivity contribution is 9.10. The molecule has 0 aliphatic carbocycles. The molecule has 0 unspecified atom stereocenters. The van der Waals surface area contributed by atoms with Gasteiger partial charge in [-0.1, -0.05) is 41.0 Å². The van der Waals surface area contributed by atoms with Crippen LogP contribution >= 0.6 is 15.9 Å². The third-order valence-corrected chi connectivity index (χ3v) is 3.75. The summed E-state index contributed by atoms with van der Waals surface area (Å²) in [4.78, 5) is 0. The lowest BCUT2D eigenvalue weighted by molar-refractivity contribution is 0.438. The standard InChI is InChI=1S/C14H17BrN2O/c1-8(2)6-11-13(17-18-14(11)16)10-4-5-12(15)9(3)7-10/h4-5,7-8H,6,16H2,1-3H3. The summed E-state index contributed by atoms with van der Waals surface area (Å²) in [5.41, 5.74) is 9.94. The van der Waals surface area contributed by atoms with Gasteiger partial charge in [0.2, 0.25) is 5.88 Å². The van der Waals surface area contributed by atoms with Crippen LogP contribution in [0.4, 0.5) is 5.88 Å². The van der Waals surface area contributed by atoms with Crippen molar-refractivity contribution in [1.82, 2.24) is 5.16 Å². The Morgan fingerprint density at radius 1 is 1.39 bits per heavy atom. The second-order valence-corrected chi connectivity index (χ2v) is 5.79. The van der Waals surface area contributed by atoms with Crippen molar-refractivity contribution in [3.05, 3.63) is 33.8 Å². The minimum atomic E-state index is 0.430. The van der Waals surface area contributed by atoms with Crippen molar-refractivity contribution in [2.45, 2.75) is 27.2 Å². The van der Waals surface area contributed by atoms with Crippen LogP contribution in [0.2, 0.25) is 0 Å². The van der Waals surface area contributed by atoms with E-state index in [2.05, 4.69) is 47.9 Å². The van der Waals surface area contributed by atoms with Gasteiger partial charge in [-0.2, -0.15) is 0 Å². The highest BCUT2D eigenvalue weighted by Crippen LogP contribution is 2.31. The number of nitrogen functional groups attached to an aromatic ring is 1. The average molecular weight is 309 g/mol. The maximum absolute atomic E-state index is 5.86. The molecule has 4 heteroatoms. The highest BCUT2D eigenvalue weighted by Gasteiger charge is 2.16. The van der Waals surface area contributed by atoms with E-state index in [1.807, 2.05) is 12.1 Å². The number of nitrogens with two attached hydrogens (primary N) is 1. The summed E-state index contributed by atoms with van der Waals surface area (Å²) < 4.78 is 6.23. The Bertz CT molecular complexity index is 561. The Kier molecular flexibility index (Phi) is 3.76. The number of hydrogen-bond acceptors (Lipinski definition) is 3. The number of anilines is 1. The first-order valence-corrected chi connectivity index (χ1v) is 6.79. The lowest BCUT2D eigenvalue weighted by Crippen LogP contribution is -1.98. The Morgan fingerprint density at radius 2 is 2.11 bits per heavy atom. The van der Waals surface area contributed by atoms with Gasteiger partial charge in [0.25, 0.3) is 0 Å². The zero-order valence-corrected chi connectivity index (χ0v) is 12.4. The zero-order chi connectivity index (χ0) is 13.3. The van der Waals surface area contributed by atoms with Crippen LogP contribution in [0.5, 0.6) is 0 Å². The third kappa shape index (κ3) is 2.58. The van der Waals surface area contributed by atoms with Crippen LogP contribution in [0.25, 0.3) is 11.3 Å². The molecular weight excluding hydrogens is 292 g/mol. The van der Waals surface area contributed by atoms with Crippen LogP contribution in [0.1, 0.15) is 25.0 Å². The van der Waals surface area contributed by atoms with Crippen LogP contribution in [-0.2, 0) is 6.42 Å². The molecule has 2 N–H and O–H groups in total. The normalized spacial score (nSPS) is 11.2. The quantitative estimate of drug-likeness (QED) is 0.924. The molecule has 96 valence electrons. The molecule has 0 saturated carbocycles. The number of benzene rings is 1. The molecule has 3 nitrogen and oxygen atoms in total. The van der Waals surface area contributed by atoms with Crippen LogP contribution in [0.15, 0.2) is 27.2 Å². The molecule has 2 rings (SSSR count). The number of nitrogens with zero attached hydrogens (tertiary/aromatic N) is 1. The highest BCUT2D eigenvalue weighted by atomic mass is 79.9. The summed E-state index contributed by atoms with van der Waals surface area (Å²) in [6.07, 6.45) is 0.875. The lowest BCUT2D eigenvalue weighted by Gasteiger charge is -2.06. The van der Waals surface area contributed by atoms with E-state index in [0.29, 0.717) is 11.8 Å². The molecule has 0 amide bonds. The van der Waals surface area contributed by atoms with E-state index in [1.54, 1.807) is 0 Å². The van der Waals surface area contributed by atoms with Gasteiger partial charge >= 0.3 is 0 Å². The number of aromatic nitrogens is 1. The molecule has 0 fully saturated rings. The van der Waals surface area contributed by atoms with Crippen molar-refractivity contribution in [3.63, 3.8) is 0 Å². The van der Waals surface area contributed by atoms with Gasteiger partial charge in [0.15, 0.2) is 0 Å². The van der Waals surface area contributed by atoms with E-state index >= 15 is 0 Å². The maximum atomic E-state index is 5.86. The van der Waals surface area contributed by atoms with Crippen molar-refractivity contribution >= 4 is 21.8 Å². The predicted octanol–water partition coefficient (Wildman–Crippen LogP) is 4.19. The van der Waals surface area contributed by atoms with Gasteiger partial charge in [0.05, 0.1) is 0 Å². The molecule has 18 heavy (non-hydrogen) atoms. The van der Waals surface area contributed by atoms with Crippen molar-refractivity contribution < 1.29 is 4.52 Å². The molecule has 1 heterocycles. The number of aryl methyl sites for hydroxylation is 1. The van der Waals surface area contributed by atoms with Crippen LogP contribution in [0, 0.1) is 12.8 Å². The summed E-state index contributed by atoms with van der Waals surface area (Å²) in [5.74, 6) is 0.946. The van der Waals surface area contributed by atoms with Crippen LogP contribution in [0.3, 0.4) is 0 Å². The summed E-state index contributed by atoms with van der Waals surface area (Å²) >= 11 is 3.50. The summed E-state index contributed by atoms with van der Waals surface area (Å²) in [7, 11) is 0. The van der Waals surface area contributed by atoms with Crippen LogP contribution in [-0.4, -0.2) is 5.16 Å². The lowest BCUT2D eigenvalue weighted by atomic mass is 9.98. The molecule has 0 radical (unpaired) electrons. The van der Waals surface area contributed by atoms with Gasteiger partial charge in [0.1, 0.15) is 5.69 Å². The van der Waals surface area contributed by atoms with Gasteiger partial charge in [0, 0.05) is 15.6 Å².